The van der Waals surface area contributed by atoms with Crippen LogP contribution in [0, 0.1) is 6.92 Å². The first kappa shape index (κ1) is 22.9. The van der Waals surface area contributed by atoms with Gasteiger partial charge in [-0.2, -0.15) is 0 Å². The lowest BCUT2D eigenvalue weighted by molar-refractivity contribution is -0.119. The highest BCUT2D eigenvalue weighted by molar-refractivity contribution is 6.06. The van der Waals surface area contributed by atoms with Gasteiger partial charge in [-0.1, -0.05) is 61.0 Å². The molecule has 0 spiro atoms. The summed E-state index contributed by atoms with van der Waals surface area (Å²) < 4.78 is 5.31. The summed E-state index contributed by atoms with van der Waals surface area (Å²) in [7, 11) is 1.65. The molecule has 1 aliphatic carbocycles. The van der Waals surface area contributed by atoms with Gasteiger partial charge >= 0.3 is 0 Å². The number of benzene rings is 3. The zero-order chi connectivity index (χ0) is 24.5. The molecule has 5 heteroatoms. The molecule has 2 atom stereocenters. The fourth-order valence-corrected chi connectivity index (χ4v) is 5.21. The first-order valence-corrected chi connectivity index (χ1v) is 12.1. The number of amides is 1. The average molecular weight is 467 g/mol. The van der Waals surface area contributed by atoms with E-state index in [-0.39, 0.29) is 17.6 Å². The number of carbonyl (C=O) groups excluding carboxylic acids is 2. The summed E-state index contributed by atoms with van der Waals surface area (Å²) in [4.78, 5) is 29.1. The van der Waals surface area contributed by atoms with Crippen LogP contribution < -0.4 is 15.0 Å². The number of aryl methyl sites for hydroxylation is 1. The van der Waals surface area contributed by atoms with Crippen LogP contribution in [0.4, 0.5) is 11.4 Å². The number of allylic oxidation sites excluding steroid dienone is 1. The van der Waals surface area contributed by atoms with E-state index in [9.17, 15) is 9.59 Å². The number of ether oxygens (including phenoxy) is 1. The van der Waals surface area contributed by atoms with E-state index in [2.05, 4.69) is 5.32 Å². The van der Waals surface area contributed by atoms with Gasteiger partial charge in [0.15, 0.2) is 5.78 Å². The number of hydrogen-bond acceptors (Lipinski definition) is 4. The van der Waals surface area contributed by atoms with Crippen LogP contribution in [0.25, 0.3) is 0 Å². The SMILES string of the molecule is CCC(=O)N1c2ccccc2NC2=C(C(=O)C[C@@H](c3ccc(OC)cc3)C2)[C@H]1c1ccc(C)cc1. The Morgan fingerprint density at radius 1 is 0.971 bits per heavy atom. The van der Waals surface area contributed by atoms with Crippen molar-refractivity contribution in [3.63, 3.8) is 0 Å². The predicted octanol–water partition coefficient (Wildman–Crippen LogP) is 6.31. The fraction of sp³-hybridized carbons (Fsp3) is 0.267. The van der Waals surface area contributed by atoms with Gasteiger partial charge in [-0.05, 0) is 54.7 Å². The molecule has 178 valence electrons. The van der Waals surface area contributed by atoms with Crippen molar-refractivity contribution < 1.29 is 14.3 Å². The highest BCUT2D eigenvalue weighted by Gasteiger charge is 2.41. The molecular weight excluding hydrogens is 436 g/mol. The molecule has 35 heavy (non-hydrogen) atoms. The van der Waals surface area contributed by atoms with Crippen LogP contribution in [0.2, 0.25) is 0 Å². The molecule has 1 aliphatic heterocycles. The van der Waals surface area contributed by atoms with Crippen LogP contribution in [-0.2, 0) is 9.59 Å². The van der Waals surface area contributed by atoms with Gasteiger partial charge in [-0.15, -0.1) is 0 Å². The highest BCUT2D eigenvalue weighted by Crippen LogP contribution is 2.47. The van der Waals surface area contributed by atoms with Gasteiger partial charge in [0.1, 0.15) is 5.75 Å². The van der Waals surface area contributed by atoms with Crippen molar-refractivity contribution in [2.45, 2.75) is 45.1 Å². The van der Waals surface area contributed by atoms with Crippen molar-refractivity contribution in [1.82, 2.24) is 0 Å². The van der Waals surface area contributed by atoms with Crippen molar-refractivity contribution >= 4 is 23.1 Å². The maximum absolute atomic E-state index is 13.9. The van der Waals surface area contributed by atoms with E-state index in [0.717, 1.165) is 39.5 Å². The molecule has 0 saturated carbocycles. The smallest absolute Gasteiger partial charge is 0.227 e. The third-order valence-electron chi connectivity index (χ3n) is 7.04. The van der Waals surface area contributed by atoms with Gasteiger partial charge in [-0.25, -0.2) is 0 Å². The second kappa shape index (κ2) is 9.41. The number of ketones is 1. The minimum absolute atomic E-state index is 0.0105. The molecular formula is C30H30N2O3. The lowest BCUT2D eigenvalue weighted by Crippen LogP contribution is -2.38. The van der Waals surface area contributed by atoms with Gasteiger partial charge in [0.25, 0.3) is 0 Å². The van der Waals surface area contributed by atoms with Crippen LogP contribution in [-0.4, -0.2) is 18.8 Å². The van der Waals surface area contributed by atoms with Crippen molar-refractivity contribution in [1.29, 1.82) is 0 Å². The third kappa shape index (κ3) is 4.23. The summed E-state index contributed by atoms with van der Waals surface area (Å²) in [6.45, 7) is 3.91. The molecule has 3 aromatic rings. The van der Waals surface area contributed by atoms with Gasteiger partial charge < -0.3 is 10.1 Å². The van der Waals surface area contributed by atoms with Gasteiger partial charge in [0.2, 0.25) is 5.91 Å². The van der Waals surface area contributed by atoms with Gasteiger partial charge in [0.05, 0.1) is 24.5 Å². The molecule has 0 saturated heterocycles. The van der Waals surface area contributed by atoms with Crippen LogP contribution in [0.5, 0.6) is 5.75 Å². The van der Waals surface area contributed by atoms with E-state index in [0.29, 0.717) is 24.8 Å². The van der Waals surface area contributed by atoms with E-state index in [1.54, 1.807) is 7.11 Å². The Morgan fingerprint density at radius 2 is 1.66 bits per heavy atom. The lowest BCUT2D eigenvalue weighted by atomic mass is 9.78. The van der Waals surface area contributed by atoms with Crippen molar-refractivity contribution in [3.8, 4) is 5.75 Å². The molecule has 0 radical (unpaired) electrons. The molecule has 1 heterocycles. The second-order valence-corrected chi connectivity index (χ2v) is 9.27. The fourth-order valence-electron chi connectivity index (χ4n) is 5.21. The van der Waals surface area contributed by atoms with E-state index in [1.807, 2.05) is 91.5 Å². The van der Waals surface area contributed by atoms with E-state index in [1.165, 1.54) is 0 Å². The molecule has 0 unspecified atom stereocenters. The number of fused-ring (bicyclic) bond motifs is 1. The van der Waals surface area contributed by atoms with Crippen LogP contribution in [0.1, 0.15) is 54.8 Å². The summed E-state index contributed by atoms with van der Waals surface area (Å²) in [5.74, 6) is 0.917. The Hall–Kier alpha value is -3.86. The van der Waals surface area contributed by atoms with Crippen LogP contribution in [0.3, 0.4) is 0 Å². The van der Waals surface area contributed by atoms with Gasteiger partial charge in [0, 0.05) is 24.1 Å². The van der Waals surface area contributed by atoms with E-state index < -0.39 is 6.04 Å². The van der Waals surface area contributed by atoms with Crippen molar-refractivity contribution in [3.05, 3.63) is 101 Å². The van der Waals surface area contributed by atoms with E-state index >= 15 is 0 Å². The summed E-state index contributed by atoms with van der Waals surface area (Å²) >= 11 is 0. The Labute approximate surface area is 206 Å². The molecule has 0 aromatic heterocycles. The summed E-state index contributed by atoms with van der Waals surface area (Å²) in [6.07, 6.45) is 1.44. The zero-order valence-corrected chi connectivity index (χ0v) is 20.4. The molecule has 5 nitrogen and oxygen atoms in total. The molecule has 1 amide bonds. The Morgan fingerprint density at radius 3 is 2.34 bits per heavy atom. The maximum atomic E-state index is 13.9. The third-order valence-corrected chi connectivity index (χ3v) is 7.04. The normalized spacial score (nSPS) is 19.4. The number of hydrogen-bond donors (Lipinski definition) is 1. The highest BCUT2D eigenvalue weighted by atomic mass is 16.5. The minimum atomic E-state index is -0.474. The number of nitrogens with one attached hydrogen (secondary N) is 1. The second-order valence-electron chi connectivity index (χ2n) is 9.27. The van der Waals surface area contributed by atoms with Crippen LogP contribution in [0.15, 0.2) is 84.1 Å². The summed E-state index contributed by atoms with van der Waals surface area (Å²) in [5, 5.41) is 3.57. The Bertz CT molecular complexity index is 1290. The number of rotatable bonds is 4. The maximum Gasteiger partial charge on any atom is 0.227 e. The quantitative estimate of drug-likeness (QED) is 0.489. The Balaban J connectivity index is 1.67. The number of nitrogens with zero attached hydrogens (tertiary/aromatic N) is 1. The number of carbonyl (C=O) groups is 2. The summed E-state index contributed by atoms with van der Waals surface area (Å²) in [5.41, 5.74) is 6.42. The largest absolute Gasteiger partial charge is 0.497 e. The molecule has 0 bridgehead atoms. The van der Waals surface area contributed by atoms with Gasteiger partial charge in [-0.3, -0.25) is 14.5 Å². The lowest BCUT2D eigenvalue weighted by Gasteiger charge is -2.35. The van der Waals surface area contributed by atoms with Crippen molar-refractivity contribution in [2.24, 2.45) is 0 Å². The molecule has 2 aliphatic rings. The predicted molar refractivity (Wildman–Crippen MR) is 139 cm³/mol. The average Bonchev–Trinajstić information content (AvgIpc) is 3.03. The molecule has 3 aromatic carbocycles. The standard InChI is InChI=1S/C30H30N2O3/c1-4-28(34)32-26-8-6-5-7-24(26)31-25-17-22(20-13-15-23(35-3)16-14-20)18-27(33)29(25)30(32)21-11-9-19(2)10-12-21/h5-16,22,30-31H,4,17-18H2,1-3H3/t22-,30+/m0/s1. The zero-order valence-electron chi connectivity index (χ0n) is 20.4. The molecule has 1 N–H and O–H groups in total. The number of anilines is 2. The monoisotopic (exact) mass is 466 g/mol. The van der Waals surface area contributed by atoms with E-state index in [4.69, 9.17) is 4.74 Å². The first-order chi connectivity index (χ1) is 17.0. The van der Waals surface area contributed by atoms with Crippen molar-refractivity contribution in [2.75, 3.05) is 17.3 Å². The molecule has 0 fully saturated rings. The number of Topliss-reactive ketones (excluding diaryl/α,β-unsaturated/α-hetero) is 1. The number of methoxy groups -OCH3 is 1. The first-order valence-electron chi connectivity index (χ1n) is 12.1. The number of para-hydroxylation sites is 2. The topological polar surface area (TPSA) is 58.6 Å². The molecule has 5 rings (SSSR count). The van der Waals surface area contributed by atoms with Crippen LogP contribution >= 0.6 is 0 Å². The minimum Gasteiger partial charge on any atom is -0.497 e. The summed E-state index contributed by atoms with van der Waals surface area (Å²) in [6, 6.07) is 23.5. The Kier molecular flexibility index (Phi) is 6.16.